The number of carbonyl (C=O) groups is 2. The predicted molar refractivity (Wildman–Crippen MR) is 128 cm³/mol. The van der Waals surface area contributed by atoms with Crippen LogP contribution in [0.25, 0.3) is 0 Å². The number of ether oxygens (including phenoxy) is 1. The summed E-state index contributed by atoms with van der Waals surface area (Å²) in [5.41, 5.74) is 0.790. The van der Waals surface area contributed by atoms with Crippen LogP contribution in [0.1, 0.15) is 31.0 Å². The second-order valence-electron chi connectivity index (χ2n) is 8.94. The lowest BCUT2D eigenvalue weighted by atomic mass is 9.98. The summed E-state index contributed by atoms with van der Waals surface area (Å²) in [4.78, 5) is 29.9. The zero-order valence-electron chi connectivity index (χ0n) is 20.1. The van der Waals surface area contributed by atoms with Gasteiger partial charge in [0.15, 0.2) is 0 Å². The number of alkyl halides is 4. The van der Waals surface area contributed by atoms with E-state index in [-0.39, 0.29) is 23.2 Å². The van der Waals surface area contributed by atoms with Gasteiger partial charge in [0, 0.05) is 31.4 Å². The number of carbonyl (C=O) groups excluding carboxylic acids is 2. The molecule has 1 aliphatic heterocycles. The molecule has 0 bridgehead atoms. The van der Waals surface area contributed by atoms with Crippen molar-refractivity contribution in [3.8, 4) is 5.75 Å². The topological polar surface area (TPSA) is 61.9 Å². The molecule has 2 atom stereocenters. The second kappa shape index (κ2) is 11.5. The third-order valence-corrected chi connectivity index (χ3v) is 6.27. The first-order valence-electron chi connectivity index (χ1n) is 11.4. The first-order valence-corrected chi connectivity index (χ1v) is 12.0. The van der Waals surface area contributed by atoms with Crippen LogP contribution in [0.4, 0.5) is 23.2 Å². The van der Waals surface area contributed by atoms with Gasteiger partial charge in [0.05, 0.1) is 0 Å². The number of nitrogens with one attached hydrogen (secondary N) is 1. The lowest BCUT2D eigenvalue weighted by molar-refractivity contribution is -0.274. The van der Waals surface area contributed by atoms with Crippen LogP contribution in [0.3, 0.4) is 0 Å². The minimum Gasteiger partial charge on any atom is -0.406 e. The summed E-state index contributed by atoms with van der Waals surface area (Å²) in [5, 5.41) is 3.37. The molecule has 2 aromatic rings. The Kier molecular flexibility index (Phi) is 8.84. The number of amides is 2. The Morgan fingerprint density at radius 3 is 2.42 bits per heavy atom. The number of benzene rings is 2. The van der Waals surface area contributed by atoms with Gasteiger partial charge in [-0.05, 0) is 54.3 Å². The highest BCUT2D eigenvalue weighted by Gasteiger charge is 2.38. The van der Waals surface area contributed by atoms with Gasteiger partial charge in [-0.1, -0.05) is 26.0 Å². The Morgan fingerprint density at radius 2 is 1.86 bits per heavy atom. The molecule has 1 N–H and O–H groups in total. The average molecular weight is 530 g/mol. The molecule has 0 saturated carbocycles. The maximum Gasteiger partial charge on any atom is 0.573 e. The van der Waals surface area contributed by atoms with Crippen molar-refractivity contribution in [1.29, 1.82) is 0 Å². The van der Waals surface area contributed by atoms with Crippen molar-refractivity contribution in [1.82, 2.24) is 10.2 Å². The van der Waals surface area contributed by atoms with E-state index >= 15 is 0 Å². The largest absolute Gasteiger partial charge is 0.573 e. The molecular weight excluding hydrogens is 502 g/mol. The zero-order chi connectivity index (χ0) is 26.6. The molecule has 1 fully saturated rings. The minimum atomic E-state index is -4.89. The van der Waals surface area contributed by atoms with Crippen LogP contribution in [0, 0.1) is 18.7 Å². The zero-order valence-corrected chi connectivity index (χ0v) is 20.9. The molecule has 3 rings (SSSR count). The summed E-state index contributed by atoms with van der Waals surface area (Å²) in [6.45, 7) is 6.89. The molecule has 1 saturated heterocycles. The fraction of sp³-hybridized carbons (Fsp3) is 0.440. The van der Waals surface area contributed by atoms with Crippen LogP contribution in [-0.2, 0) is 9.59 Å². The Bertz CT molecular complexity index is 1080. The molecule has 6 nitrogen and oxygen atoms in total. The molecule has 2 aromatic carbocycles. The van der Waals surface area contributed by atoms with Crippen molar-refractivity contribution < 1.29 is 31.9 Å². The van der Waals surface area contributed by atoms with Crippen LogP contribution in [0.2, 0.25) is 0 Å². The fourth-order valence-corrected chi connectivity index (χ4v) is 4.35. The highest BCUT2D eigenvalue weighted by molar-refractivity contribution is 6.30. The van der Waals surface area contributed by atoms with Crippen LogP contribution < -0.4 is 15.0 Å². The lowest BCUT2D eigenvalue weighted by Crippen LogP contribution is -2.57. The van der Waals surface area contributed by atoms with Crippen molar-refractivity contribution in [2.45, 2.75) is 39.2 Å². The second-order valence-corrected chi connectivity index (χ2v) is 9.20. The van der Waals surface area contributed by atoms with E-state index in [0.29, 0.717) is 25.2 Å². The smallest absolute Gasteiger partial charge is 0.406 e. The number of nitrogens with zero attached hydrogens (tertiary/aromatic N) is 2. The van der Waals surface area contributed by atoms with Crippen molar-refractivity contribution in [2.75, 3.05) is 30.4 Å². The molecule has 1 aliphatic rings. The highest BCUT2D eigenvalue weighted by atomic mass is 35.5. The van der Waals surface area contributed by atoms with E-state index in [1.807, 2.05) is 13.8 Å². The van der Waals surface area contributed by atoms with Gasteiger partial charge in [-0.15, -0.1) is 24.8 Å². The van der Waals surface area contributed by atoms with Gasteiger partial charge in [0.1, 0.15) is 23.5 Å². The van der Waals surface area contributed by atoms with E-state index in [1.165, 1.54) is 42.2 Å². The van der Waals surface area contributed by atoms with E-state index < -0.39 is 41.7 Å². The standard InChI is InChI=1S/C25H28ClF4N3O3/c1-15(2)20-14-32(11-10-31-20)24(35)23(17-4-6-18(27)7-5-17)33(22(34)13-26)21-9-8-19(12-16(21)3)36-25(28,29)30/h4-9,12,15,20,23,31H,10-11,13-14H2,1-3H3. The molecule has 196 valence electrons. The average Bonchev–Trinajstić information content (AvgIpc) is 2.82. The Hall–Kier alpha value is -2.85. The molecule has 2 unspecified atom stereocenters. The minimum absolute atomic E-state index is 0.0364. The molecular formula is C25H28ClF4N3O3. The first-order chi connectivity index (χ1) is 16.9. The summed E-state index contributed by atoms with van der Waals surface area (Å²) in [7, 11) is 0. The van der Waals surface area contributed by atoms with E-state index in [0.717, 1.165) is 12.1 Å². The van der Waals surface area contributed by atoms with E-state index in [9.17, 15) is 27.2 Å². The summed E-state index contributed by atoms with van der Waals surface area (Å²) in [5.74, 6) is -2.26. The van der Waals surface area contributed by atoms with Gasteiger partial charge in [0.2, 0.25) is 5.91 Å². The van der Waals surface area contributed by atoms with Gasteiger partial charge >= 0.3 is 6.36 Å². The molecule has 0 aliphatic carbocycles. The van der Waals surface area contributed by atoms with Crippen LogP contribution >= 0.6 is 11.6 Å². The SMILES string of the molecule is Cc1cc(OC(F)(F)F)ccc1N(C(=O)CCl)C(C(=O)N1CCNC(C(C)C)C1)c1ccc(F)cc1. The molecule has 0 spiro atoms. The van der Waals surface area contributed by atoms with Crippen molar-refractivity contribution in [3.63, 3.8) is 0 Å². The number of hydrogen-bond acceptors (Lipinski definition) is 4. The van der Waals surface area contributed by atoms with E-state index in [4.69, 9.17) is 11.6 Å². The maximum atomic E-state index is 13.9. The normalized spacial score (nSPS) is 17.1. The number of aryl methyl sites for hydroxylation is 1. The Labute approximate surface area is 212 Å². The molecule has 11 heteroatoms. The Balaban J connectivity index is 2.09. The predicted octanol–water partition coefficient (Wildman–Crippen LogP) is 4.80. The number of anilines is 1. The number of hydrogen-bond donors (Lipinski definition) is 1. The number of piperazine rings is 1. The third kappa shape index (κ3) is 6.67. The maximum absolute atomic E-state index is 13.9. The van der Waals surface area contributed by atoms with Crippen LogP contribution in [0.15, 0.2) is 42.5 Å². The molecule has 0 aromatic heterocycles. The molecule has 1 heterocycles. The van der Waals surface area contributed by atoms with Crippen LogP contribution in [-0.4, -0.2) is 54.6 Å². The summed E-state index contributed by atoms with van der Waals surface area (Å²) in [6.07, 6.45) is -4.89. The molecule has 36 heavy (non-hydrogen) atoms. The van der Waals surface area contributed by atoms with Gasteiger partial charge in [0.25, 0.3) is 5.91 Å². The summed E-state index contributed by atoms with van der Waals surface area (Å²) < 4.78 is 55.8. The Morgan fingerprint density at radius 1 is 1.19 bits per heavy atom. The van der Waals surface area contributed by atoms with E-state index in [1.54, 1.807) is 4.90 Å². The van der Waals surface area contributed by atoms with Crippen LogP contribution in [0.5, 0.6) is 5.75 Å². The summed E-state index contributed by atoms with van der Waals surface area (Å²) in [6, 6.07) is 7.47. The fourth-order valence-electron chi connectivity index (χ4n) is 4.22. The van der Waals surface area contributed by atoms with Crippen molar-refractivity contribution in [3.05, 3.63) is 59.4 Å². The number of halogens is 5. The summed E-state index contributed by atoms with van der Waals surface area (Å²) >= 11 is 5.92. The number of rotatable bonds is 7. The first kappa shape index (κ1) is 27.7. The van der Waals surface area contributed by atoms with Crippen molar-refractivity contribution >= 4 is 29.1 Å². The monoisotopic (exact) mass is 529 g/mol. The van der Waals surface area contributed by atoms with Gasteiger partial charge in [-0.2, -0.15) is 0 Å². The molecule has 2 amide bonds. The quantitative estimate of drug-likeness (QED) is 0.413. The van der Waals surface area contributed by atoms with Gasteiger partial charge in [-0.3, -0.25) is 14.5 Å². The van der Waals surface area contributed by atoms with E-state index in [2.05, 4.69) is 10.1 Å². The van der Waals surface area contributed by atoms with Gasteiger partial charge < -0.3 is 15.0 Å². The lowest BCUT2D eigenvalue weighted by Gasteiger charge is -2.40. The third-order valence-electron chi connectivity index (χ3n) is 6.04. The molecule has 0 radical (unpaired) electrons. The highest BCUT2D eigenvalue weighted by Crippen LogP contribution is 2.35. The van der Waals surface area contributed by atoms with Gasteiger partial charge in [-0.25, -0.2) is 4.39 Å². The van der Waals surface area contributed by atoms with Crippen molar-refractivity contribution in [2.24, 2.45) is 5.92 Å².